The zero-order valence-corrected chi connectivity index (χ0v) is 17.1. The van der Waals surface area contributed by atoms with Gasteiger partial charge in [0.2, 0.25) is 0 Å². The lowest BCUT2D eigenvalue weighted by Crippen LogP contribution is -2.24. The summed E-state index contributed by atoms with van der Waals surface area (Å²) < 4.78 is 9.13. The summed E-state index contributed by atoms with van der Waals surface area (Å²) in [5.74, 6) is 0.525. The molecule has 0 fully saturated rings. The van der Waals surface area contributed by atoms with Crippen LogP contribution in [0.5, 0.6) is 5.75 Å². The molecule has 0 bridgehead atoms. The maximum absolute atomic E-state index is 12.3. The Labute approximate surface area is 165 Å². The van der Waals surface area contributed by atoms with Crippen molar-refractivity contribution in [1.82, 2.24) is 24.9 Å². The molecule has 7 nitrogen and oxygen atoms in total. The summed E-state index contributed by atoms with van der Waals surface area (Å²) in [6, 6.07) is 11.6. The number of hydrogen-bond donors (Lipinski definition) is 1. The summed E-state index contributed by atoms with van der Waals surface area (Å²) in [6.07, 6.45) is 1.73. The van der Waals surface area contributed by atoms with Crippen molar-refractivity contribution < 1.29 is 9.53 Å². The third-order valence-corrected chi connectivity index (χ3v) is 4.55. The predicted octanol–water partition coefficient (Wildman–Crippen LogP) is 3.19. The van der Waals surface area contributed by atoms with Crippen LogP contribution < -0.4 is 10.1 Å². The Hall–Kier alpha value is -3.09. The Morgan fingerprint density at radius 3 is 2.46 bits per heavy atom. The van der Waals surface area contributed by atoms with Crippen LogP contribution in [0.4, 0.5) is 0 Å². The summed E-state index contributed by atoms with van der Waals surface area (Å²) in [6.45, 7) is 9.10. The van der Waals surface area contributed by atoms with E-state index in [1.807, 2.05) is 32.2 Å². The second-order valence-corrected chi connectivity index (χ2v) is 7.87. The van der Waals surface area contributed by atoms with Crippen LogP contribution in [0.15, 0.2) is 42.6 Å². The Morgan fingerprint density at radius 2 is 1.86 bits per heavy atom. The highest BCUT2D eigenvalue weighted by molar-refractivity contribution is 5.92. The molecule has 0 radical (unpaired) electrons. The fourth-order valence-corrected chi connectivity index (χ4v) is 2.73. The van der Waals surface area contributed by atoms with E-state index >= 15 is 0 Å². The molecule has 1 aromatic carbocycles. The van der Waals surface area contributed by atoms with Crippen molar-refractivity contribution in [1.29, 1.82) is 0 Å². The molecule has 0 aliphatic rings. The molecule has 148 valence electrons. The van der Waals surface area contributed by atoms with Crippen LogP contribution in [0.3, 0.4) is 0 Å². The van der Waals surface area contributed by atoms with E-state index in [1.165, 1.54) is 5.56 Å². The summed E-state index contributed by atoms with van der Waals surface area (Å²) >= 11 is 0. The van der Waals surface area contributed by atoms with Gasteiger partial charge in [-0.2, -0.15) is 10.2 Å². The first-order valence-corrected chi connectivity index (χ1v) is 9.27. The molecule has 7 heteroatoms. The maximum atomic E-state index is 12.3. The Balaban J connectivity index is 1.52. The second kappa shape index (κ2) is 7.88. The van der Waals surface area contributed by atoms with Crippen molar-refractivity contribution >= 4 is 5.91 Å². The maximum Gasteiger partial charge on any atom is 0.272 e. The van der Waals surface area contributed by atoms with Crippen LogP contribution in [0.25, 0.3) is 0 Å². The molecule has 3 aromatic rings. The van der Waals surface area contributed by atoms with Gasteiger partial charge in [-0.3, -0.25) is 9.48 Å². The predicted molar refractivity (Wildman–Crippen MR) is 107 cm³/mol. The van der Waals surface area contributed by atoms with Crippen LogP contribution in [0.2, 0.25) is 0 Å². The third kappa shape index (κ3) is 4.79. The molecule has 2 aromatic heterocycles. The fraction of sp³-hybridized carbons (Fsp3) is 0.381. The van der Waals surface area contributed by atoms with Gasteiger partial charge < -0.3 is 10.1 Å². The van der Waals surface area contributed by atoms with Crippen LogP contribution in [0.1, 0.15) is 48.2 Å². The number of amides is 1. The molecule has 0 aliphatic heterocycles. The topological polar surface area (TPSA) is 74.0 Å². The van der Waals surface area contributed by atoms with Crippen molar-refractivity contribution in [3.63, 3.8) is 0 Å². The molecule has 0 saturated carbocycles. The van der Waals surface area contributed by atoms with Gasteiger partial charge in [0.05, 0.1) is 12.2 Å². The number of benzene rings is 1. The molecule has 1 amide bonds. The number of hydrogen-bond acceptors (Lipinski definition) is 4. The highest BCUT2D eigenvalue weighted by atomic mass is 16.5. The summed E-state index contributed by atoms with van der Waals surface area (Å²) in [7, 11) is 1.87. The lowest BCUT2D eigenvalue weighted by atomic mass is 9.87. The third-order valence-electron chi connectivity index (χ3n) is 4.55. The van der Waals surface area contributed by atoms with E-state index in [0.29, 0.717) is 12.2 Å². The van der Waals surface area contributed by atoms with Crippen LogP contribution in [0, 0.1) is 6.92 Å². The number of carbonyl (C=O) groups excluding carboxylic acids is 1. The first kappa shape index (κ1) is 19.7. The van der Waals surface area contributed by atoms with Crippen molar-refractivity contribution in [2.45, 2.75) is 46.4 Å². The van der Waals surface area contributed by atoms with E-state index in [9.17, 15) is 4.79 Å². The highest BCUT2D eigenvalue weighted by Gasteiger charge is 2.13. The number of nitrogens with one attached hydrogen (secondary N) is 1. The molecule has 2 heterocycles. The van der Waals surface area contributed by atoms with E-state index in [-0.39, 0.29) is 18.1 Å². The van der Waals surface area contributed by atoms with Gasteiger partial charge >= 0.3 is 0 Å². The van der Waals surface area contributed by atoms with Crippen molar-refractivity contribution in [3.05, 3.63) is 65.2 Å². The first-order valence-electron chi connectivity index (χ1n) is 9.27. The van der Waals surface area contributed by atoms with E-state index in [4.69, 9.17) is 4.74 Å². The summed E-state index contributed by atoms with van der Waals surface area (Å²) in [5.41, 5.74) is 3.56. The molecule has 3 rings (SSSR count). The van der Waals surface area contributed by atoms with Gasteiger partial charge in [-0.1, -0.05) is 32.9 Å². The van der Waals surface area contributed by atoms with E-state index in [1.54, 1.807) is 21.6 Å². The summed E-state index contributed by atoms with van der Waals surface area (Å²) in [4.78, 5) is 12.3. The van der Waals surface area contributed by atoms with Crippen LogP contribution in [-0.2, 0) is 25.7 Å². The van der Waals surface area contributed by atoms with Gasteiger partial charge in [-0.15, -0.1) is 0 Å². The number of aromatic nitrogens is 4. The molecular weight excluding hydrogens is 354 g/mol. The molecule has 0 unspecified atom stereocenters. The molecule has 0 atom stereocenters. The largest absolute Gasteiger partial charge is 0.471 e. The van der Waals surface area contributed by atoms with Crippen LogP contribution >= 0.6 is 0 Å². The minimum absolute atomic E-state index is 0.108. The zero-order valence-electron chi connectivity index (χ0n) is 17.1. The Morgan fingerprint density at radius 1 is 1.14 bits per heavy atom. The fourth-order valence-electron chi connectivity index (χ4n) is 2.73. The first-order chi connectivity index (χ1) is 13.2. The molecular formula is C21H27N5O2. The SMILES string of the molecule is Cc1cc(CNC(=O)c2ccn(COc3ccc(C(C)(C)C)cc3)n2)nn1C. The lowest BCUT2D eigenvalue weighted by molar-refractivity contribution is 0.0943. The minimum atomic E-state index is -0.239. The van der Waals surface area contributed by atoms with Crippen LogP contribution in [-0.4, -0.2) is 25.5 Å². The average Bonchev–Trinajstić information content (AvgIpc) is 3.24. The van der Waals surface area contributed by atoms with Crippen molar-refractivity contribution in [3.8, 4) is 5.75 Å². The monoisotopic (exact) mass is 381 g/mol. The average molecular weight is 381 g/mol. The van der Waals surface area contributed by atoms with Gasteiger partial charge in [0.1, 0.15) is 11.4 Å². The molecule has 0 aliphatic carbocycles. The quantitative estimate of drug-likeness (QED) is 0.712. The number of nitrogens with zero attached hydrogens (tertiary/aromatic N) is 4. The number of aryl methyl sites for hydroxylation is 2. The molecule has 0 saturated heterocycles. The number of ether oxygens (including phenoxy) is 1. The Bertz CT molecular complexity index is 929. The number of carbonyl (C=O) groups is 1. The smallest absolute Gasteiger partial charge is 0.272 e. The van der Waals surface area contributed by atoms with Crippen molar-refractivity contribution in [2.24, 2.45) is 7.05 Å². The zero-order chi connectivity index (χ0) is 20.3. The highest BCUT2D eigenvalue weighted by Crippen LogP contribution is 2.24. The van der Waals surface area contributed by atoms with Gasteiger partial charge in [-0.05, 0) is 42.2 Å². The van der Waals surface area contributed by atoms with Gasteiger partial charge in [0, 0.05) is 18.9 Å². The van der Waals surface area contributed by atoms with E-state index in [0.717, 1.165) is 17.1 Å². The molecule has 28 heavy (non-hydrogen) atoms. The number of rotatable bonds is 6. The standard InChI is InChI=1S/C21H27N5O2/c1-15-12-17(23-25(15)5)13-22-20(27)19-10-11-26(24-19)14-28-18-8-6-16(7-9-18)21(2,3)4/h6-12H,13-14H2,1-5H3,(H,22,27). The Kier molecular flexibility index (Phi) is 5.53. The lowest BCUT2D eigenvalue weighted by Gasteiger charge is -2.19. The van der Waals surface area contributed by atoms with E-state index in [2.05, 4.69) is 48.4 Å². The van der Waals surface area contributed by atoms with Gasteiger partial charge in [0.25, 0.3) is 5.91 Å². The minimum Gasteiger partial charge on any atom is -0.471 e. The molecule has 1 N–H and O–H groups in total. The summed E-state index contributed by atoms with van der Waals surface area (Å²) in [5, 5.41) is 11.4. The van der Waals surface area contributed by atoms with Gasteiger partial charge in [0.15, 0.2) is 6.73 Å². The molecule has 0 spiro atoms. The van der Waals surface area contributed by atoms with E-state index < -0.39 is 0 Å². The second-order valence-electron chi connectivity index (χ2n) is 7.87. The van der Waals surface area contributed by atoms with Gasteiger partial charge in [-0.25, -0.2) is 4.68 Å². The van der Waals surface area contributed by atoms with Crippen molar-refractivity contribution in [2.75, 3.05) is 0 Å². The normalized spacial score (nSPS) is 11.5.